The molecule has 31 heavy (non-hydrogen) atoms. The lowest BCUT2D eigenvalue weighted by Gasteiger charge is -2.10. The van der Waals surface area contributed by atoms with Crippen molar-refractivity contribution in [2.24, 2.45) is 0 Å². The van der Waals surface area contributed by atoms with Gasteiger partial charge in [0.1, 0.15) is 11.5 Å². The second kappa shape index (κ2) is 11.1. The zero-order valence-corrected chi connectivity index (χ0v) is 19.5. The molecule has 0 aliphatic rings. The molecule has 0 aliphatic carbocycles. The van der Waals surface area contributed by atoms with E-state index < -0.39 is 0 Å². The van der Waals surface area contributed by atoms with Crippen LogP contribution in [0.1, 0.15) is 30.9 Å². The third-order valence-corrected chi connectivity index (χ3v) is 4.89. The van der Waals surface area contributed by atoms with Crippen LogP contribution < -0.4 is 10.1 Å². The number of carbonyl (C=O) groups excluding carboxylic acids is 1. The molecular formula is C24H26BrN2O4. The monoisotopic (exact) mass is 485 g/mol. The molecule has 0 atom stereocenters. The number of hydrogen-bond acceptors (Lipinski definition) is 6. The van der Waals surface area contributed by atoms with Crippen LogP contribution >= 0.6 is 15.9 Å². The van der Waals surface area contributed by atoms with E-state index in [9.17, 15) is 4.79 Å². The first-order chi connectivity index (χ1) is 14.9. The number of esters is 1. The first kappa shape index (κ1) is 23.0. The van der Waals surface area contributed by atoms with Crippen LogP contribution in [0.5, 0.6) is 5.75 Å². The Hall–Kier alpha value is -2.64. The summed E-state index contributed by atoms with van der Waals surface area (Å²) in [5, 5.41) is 3.06. The molecule has 1 N–H and O–H groups in total. The summed E-state index contributed by atoms with van der Waals surface area (Å²) >= 11 is 3.43. The Labute approximate surface area is 191 Å². The predicted molar refractivity (Wildman–Crippen MR) is 122 cm³/mol. The number of hydrogen-bond donors (Lipinski definition) is 1. The molecular weight excluding hydrogens is 460 g/mol. The summed E-state index contributed by atoms with van der Waals surface area (Å²) in [6, 6.07) is 16.8. The number of aromatic nitrogens is 1. The van der Waals surface area contributed by atoms with E-state index in [-0.39, 0.29) is 18.6 Å². The van der Waals surface area contributed by atoms with Gasteiger partial charge in [0.2, 0.25) is 5.89 Å². The maximum atomic E-state index is 11.6. The number of nitrogens with one attached hydrogen (secondary N) is 1. The van der Waals surface area contributed by atoms with Crippen molar-refractivity contribution in [1.82, 2.24) is 10.3 Å². The number of nitrogens with zero attached hydrogens (tertiary/aromatic N) is 1. The summed E-state index contributed by atoms with van der Waals surface area (Å²) in [7, 11) is 0. The zero-order chi connectivity index (χ0) is 22.2. The summed E-state index contributed by atoms with van der Waals surface area (Å²) in [5.74, 6) is 1.78. The Kier molecular flexibility index (Phi) is 8.26. The zero-order valence-electron chi connectivity index (χ0n) is 17.9. The van der Waals surface area contributed by atoms with Crippen LogP contribution in [0.15, 0.2) is 51.4 Å². The summed E-state index contributed by atoms with van der Waals surface area (Å²) in [6.45, 7) is 6.69. The largest absolute Gasteiger partial charge is 0.493 e. The van der Waals surface area contributed by atoms with Gasteiger partial charge >= 0.3 is 5.97 Å². The molecule has 163 valence electrons. The average Bonchev–Trinajstić information content (AvgIpc) is 3.09. The number of aryl methyl sites for hydroxylation is 1. The molecule has 3 rings (SSSR count). The molecule has 6 nitrogen and oxygen atoms in total. The molecule has 0 bridgehead atoms. The third kappa shape index (κ3) is 7.22. The van der Waals surface area contributed by atoms with Gasteiger partial charge in [-0.15, -0.1) is 0 Å². The molecule has 0 unspecified atom stereocenters. The standard InChI is InChI=1S/C24H26BrN2O4/c1-16(2)30-23(28)15-26-14-18-5-4-6-21(13-18)29-12-11-22-17(3)31-24(27-22)19-7-9-20(25)10-8-19/h4-10,16,26H,11-12,14-15H2,1-3H3. The number of halogens is 1. The summed E-state index contributed by atoms with van der Waals surface area (Å²) in [4.78, 5) is 16.2. The molecule has 0 saturated carbocycles. The van der Waals surface area contributed by atoms with Crippen molar-refractivity contribution in [2.75, 3.05) is 13.2 Å². The van der Waals surface area contributed by atoms with Crippen molar-refractivity contribution in [3.8, 4) is 17.2 Å². The van der Waals surface area contributed by atoms with E-state index >= 15 is 0 Å². The normalized spacial score (nSPS) is 11.0. The Balaban J connectivity index is 1.49. The molecule has 0 amide bonds. The smallest absolute Gasteiger partial charge is 0.320 e. The van der Waals surface area contributed by atoms with Gasteiger partial charge in [0, 0.05) is 29.1 Å². The lowest BCUT2D eigenvalue weighted by atomic mass is 10.2. The lowest BCUT2D eigenvalue weighted by molar-refractivity contribution is -0.146. The molecule has 7 heteroatoms. The molecule has 2 aromatic carbocycles. The topological polar surface area (TPSA) is 73.6 Å². The van der Waals surface area contributed by atoms with E-state index in [1.54, 1.807) is 0 Å². The maximum absolute atomic E-state index is 11.6. The van der Waals surface area contributed by atoms with E-state index in [1.165, 1.54) is 0 Å². The number of benzene rings is 2. The molecule has 1 radical (unpaired) electrons. The van der Waals surface area contributed by atoms with E-state index in [0.29, 0.717) is 31.2 Å². The highest BCUT2D eigenvalue weighted by atomic mass is 79.9. The van der Waals surface area contributed by atoms with Gasteiger partial charge in [-0.2, -0.15) is 0 Å². The SMILES string of the molecule is Cc1oc(-c2ccc(Br)cc2)nc1CCOc1[c]c(CNCC(=O)OC(C)C)ccc1. The van der Waals surface area contributed by atoms with Gasteiger partial charge in [0.05, 0.1) is 24.9 Å². The van der Waals surface area contributed by atoms with Gasteiger partial charge in [-0.1, -0.05) is 28.1 Å². The molecule has 3 aromatic rings. The number of ether oxygens (including phenoxy) is 2. The number of oxazole rings is 1. The minimum Gasteiger partial charge on any atom is -0.493 e. The van der Waals surface area contributed by atoms with Crippen LogP contribution in [0.2, 0.25) is 0 Å². The first-order valence-electron chi connectivity index (χ1n) is 10.2. The highest BCUT2D eigenvalue weighted by molar-refractivity contribution is 9.10. The van der Waals surface area contributed by atoms with E-state index in [1.807, 2.05) is 63.2 Å². The van der Waals surface area contributed by atoms with Gasteiger partial charge in [-0.05, 0) is 56.7 Å². The van der Waals surface area contributed by atoms with Crippen molar-refractivity contribution in [3.63, 3.8) is 0 Å². The van der Waals surface area contributed by atoms with Crippen molar-refractivity contribution < 1.29 is 18.7 Å². The van der Waals surface area contributed by atoms with Crippen LogP contribution in [0.3, 0.4) is 0 Å². The van der Waals surface area contributed by atoms with Gasteiger partial charge in [-0.25, -0.2) is 4.98 Å². The highest BCUT2D eigenvalue weighted by Gasteiger charge is 2.12. The Morgan fingerprint density at radius 2 is 2.00 bits per heavy atom. The predicted octanol–water partition coefficient (Wildman–Crippen LogP) is 4.88. The molecule has 0 aliphatic heterocycles. The number of carbonyl (C=O) groups is 1. The molecule has 1 heterocycles. The van der Waals surface area contributed by atoms with Gasteiger partial charge < -0.3 is 19.2 Å². The quantitative estimate of drug-likeness (QED) is 0.412. The molecule has 1 aromatic heterocycles. The summed E-state index contributed by atoms with van der Waals surface area (Å²) in [5.41, 5.74) is 2.72. The second-order valence-electron chi connectivity index (χ2n) is 7.31. The second-order valence-corrected chi connectivity index (χ2v) is 8.23. The van der Waals surface area contributed by atoms with Gasteiger partial charge in [0.15, 0.2) is 0 Å². The highest BCUT2D eigenvalue weighted by Crippen LogP contribution is 2.24. The fourth-order valence-corrected chi connectivity index (χ4v) is 3.18. The van der Waals surface area contributed by atoms with Crippen molar-refractivity contribution in [3.05, 3.63) is 70.0 Å². The van der Waals surface area contributed by atoms with Crippen molar-refractivity contribution in [2.45, 2.75) is 39.8 Å². The van der Waals surface area contributed by atoms with Crippen LogP contribution in [-0.2, 0) is 22.5 Å². The van der Waals surface area contributed by atoms with Crippen LogP contribution in [-0.4, -0.2) is 30.2 Å². The Morgan fingerprint density at radius 3 is 2.74 bits per heavy atom. The van der Waals surface area contributed by atoms with Crippen LogP contribution in [0.4, 0.5) is 0 Å². The minimum atomic E-state index is -0.270. The summed E-state index contributed by atoms with van der Waals surface area (Å²) in [6.07, 6.45) is 0.514. The molecule has 0 saturated heterocycles. The lowest BCUT2D eigenvalue weighted by Crippen LogP contribution is -2.26. The van der Waals surface area contributed by atoms with Gasteiger partial charge in [0.25, 0.3) is 0 Å². The molecule has 0 spiro atoms. The van der Waals surface area contributed by atoms with Crippen LogP contribution in [0.25, 0.3) is 11.5 Å². The van der Waals surface area contributed by atoms with Crippen molar-refractivity contribution in [1.29, 1.82) is 0 Å². The summed E-state index contributed by atoms with van der Waals surface area (Å²) < 4.78 is 17.8. The maximum Gasteiger partial charge on any atom is 0.320 e. The van der Waals surface area contributed by atoms with Gasteiger partial charge in [-0.3, -0.25) is 4.79 Å². The first-order valence-corrected chi connectivity index (χ1v) is 11.0. The van der Waals surface area contributed by atoms with E-state index in [4.69, 9.17) is 13.9 Å². The Morgan fingerprint density at radius 1 is 1.23 bits per heavy atom. The fraction of sp³-hybridized carbons (Fsp3) is 0.333. The average molecular weight is 486 g/mol. The minimum absolute atomic E-state index is 0.114. The Bertz CT molecular complexity index is 999. The van der Waals surface area contributed by atoms with Crippen LogP contribution in [0, 0.1) is 13.0 Å². The van der Waals surface area contributed by atoms with E-state index in [2.05, 4.69) is 32.3 Å². The molecule has 0 fully saturated rings. The third-order valence-electron chi connectivity index (χ3n) is 4.36. The number of rotatable bonds is 10. The van der Waals surface area contributed by atoms with E-state index in [0.717, 1.165) is 27.1 Å². The fourth-order valence-electron chi connectivity index (χ4n) is 2.92. The van der Waals surface area contributed by atoms with Crippen molar-refractivity contribution >= 4 is 21.9 Å².